The molecular weight excluding hydrogens is 383 g/mol. The summed E-state index contributed by atoms with van der Waals surface area (Å²) >= 11 is 0. The van der Waals surface area contributed by atoms with Gasteiger partial charge in [0.15, 0.2) is 0 Å². The van der Waals surface area contributed by atoms with Gasteiger partial charge in [0.2, 0.25) is 5.91 Å². The van der Waals surface area contributed by atoms with Crippen molar-refractivity contribution in [3.8, 4) is 0 Å². The van der Waals surface area contributed by atoms with Crippen molar-refractivity contribution < 1.29 is 23.1 Å². The van der Waals surface area contributed by atoms with Crippen LogP contribution in [-0.4, -0.2) is 40.7 Å². The van der Waals surface area contributed by atoms with Crippen molar-refractivity contribution in [1.29, 1.82) is 0 Å². The van der Waals surface area contributed by atoms with E-state index < -0.39 is 17.3 Å². The van der Waals surface area contributed by atoms with Crippen molar-refractivity contribution in [2.45, 2.75) is 51.4 Å². The smallest absolute Gasteiger partial charge is 0.390 e. The number of anilines is 1. The maximum atomic E-state index is 13.4. The van der Waals surface area contributed by atoms with Gasteiger partial charge >= 0.3 is 6.18 Å². The van der Waals surface area contributed by atoms with Crippen LogP contribution in [0, 0.1) is 5.92 Å². The van der Waals surface area contributed by atoms with Gasteiger partial charge in [0.1, 0.15) is 0 Å². The molecule has 2 N–H and O–H groups in total. The summed E-state index contributed by atoms with van der Waals surface area (Å²) in [6.45, 7) is 6.35. The molecule has 0 saturated carbocycles. The number of aromatic nitrogens is 1. The molecule has 5 nitrogen and oxygen atoms in total. The van der Waals surface area contributed by atoms with Gasteiger partial charge in [-0.15, -0.1) is 0 Å². The van der Waals surface area contributed by atoms with Crippen LogP contribution in [0.3, 0.4) is 0 Å². The molecule has 1 unspecified atom stereocenters. The second-order valence-corrected chi connectivity index (χ2v) is 8.53. The summed E-state index contributed by atoms with van der Waals surface area (Å²) in [7, 11) is 0. The number of amides is 1. The minimum absolute atomic E-state index is 0.00892. The van der Waals surface area contributed by atoms with Gasteiger partial charge in [-0.1, -0.05) is 6.92 Å². The molecule has 29 heavy (non-hydrogen) atoms. The van der Waals surface area contributed by atoms with Gasteiger partial charge in [0.25, 0.3) is 0 Å². The average Bonchev–Trinajstić information content (AvgIpc) is 2.57. The molecule has 0 aliphatic carbocycles. The Morgan fingerprint density at radius 2 is 2.00 bits per heavy atom. The number of halogens is 3. The van der Waals surface area contributed by atoms with Crippen LogP contribution in [0.1, 0.15) is 39.2 Å². The monoisotopic (exact) mass is 409 g/mol. The highest BCUT2D eigenvalue weighted by atomic mass is 19.4. The summed E-state index contributed by atoms with van der Waals surface area (Å²) in [6.07, 6.45) is -2.36. The van der Waals surface area contributed by atoms with Gasteiger partial charge in [-0.25, -0.2) is 0 Å². The Bertz CT molecular complexity index is 893. The van der Waals surface area contributed by atoms with E-state index in [1.54, 1.807) is 26.0 Å². The van der Waals surface area contributed by atoms with Crippen LogP contribution in [0.4, 0.5) is 18.9 Å². The molecule has 1 amide bonds. The van der Waals surface area contributed by atoms with Crippen LogP contribution in [0.5, 0.6) is 0 Å². The van der Waals surface area contributed by atoms with Gasteiger partial charge in [0, 0.05) is 36.4 Å². The van der Waals surface area contributed by atoms with Crippen molar-refractivity contribution in [1.82, 2.24) is 10.3 Å². The number of fused-ring (bicyclic) bond motifs is 1. The summed E-state index contributed by atoms with van der Waals surface area (Å²) < 4.78 is 40.1. The molecule has 158 valence electrons. The molecule has 1 aromatic carbocycles. The van der Waals surface area contributed by atoms with E-state index in [4.69, 9.17) is 0 Å². The van der Waals surface area contributed by atoms with E-state index in [0.29, 0.717) is 24.2 Å². The topological polar surface area (TPSA) is 65.5 Å². The molecule has 3 rings (SSSR count). The standard InChI is InChI=1S/C21H26F3N3O2/c1-13-9-14(26-18(28)10-20(2,3)29)12-27(11-13)17-7-6-16(21(22,23)24)19-15(17)5-4-8-25-19/h4-8,13-14,29H,9-12H2,1-3H3,(H,26,28)/t13-,14?/m0/s1. The first-order chi connectivity index (χ1) is 13.4. The van der Waals surface area contributed by atoms with Gasteiger partial charge in [-0.05, 0) is 50.5 Å². The summed E-state index contributed by atoms with van der Waals surface area (Å²) in [5.74, 6) is 0.000643. The van der Waals surface area contributed by atoms with Crippen molar-refractivity contribution in [3.63, 3.8) is 0 Å². The van der Waals surface area contributed by atoms with Gasteiger partial charge in [0.05, 0.1) is 23.1 Å². The lowest BCUT2D eigenvalue weighted by molar-refractivity contribution is -0.136. The Labute approximate surface area is 167 Å². The zero-order valence-corrected chi connectivity index (χ0v) is 16.8. The molecule has 1 aliphatic rings. The second kappa shape index (κ2) is 7.82. The number of pyridine rings is 1. The highest BCUT2D eigenvalue weighted by molar-refractivity contribution is 5.94. The van der Waals surface area contributed by atoms with Crippen molar-refractivity contribution in [2.24, 2.45) is 5.92 Å². The number of aliphatic hydroxyl groups is 1. The van der Waals surface area contributed by atoms with Crippen LogP contribution in [0.15, 0.2) is 30.5 Å². The SMILES string of the molecule is C[C@H]1CC(NC(=O)CC(C)(C)O)CN(c2ccc(C(F)(F)F)c3ncccc23)C1. The Morgan fingerprint density at radius 3 is 2.66 bits per heavy atom. The Hall–Kier alpha value is -2.35. The zero-order chi connectivity index (χ0) is 21.4. The number of piperidine rings is 1. The first kappa shape index (κ1) is 21.4. The predicted molar refractivity (Wildman–Crippen MR) is 106 cm³/mol. The van der Waals surface area contributed by atoms with E-state index in [-0.39, 0.29) is 29.8 Å². The molecule has 0 radical (unpaired) electrons. The maximum absolute atomic E-state index is 13.4. The normalized spacial score (nSPS) is 20.7. The predicted octanol–water partition coefficient (Wildman–Crippen LogP) is 3.75. The van der Waals surface area contributed by atoms with Gasteiger partial charge < -0.3 is 15.3 Å². The van der Waals surface area contributed by atoms with Crippen molar-refractivity contribution >= 4 is 22.5 Å². The number of hydrogen-bond acceptors (Lipinski definition) is 4. The molecule has 2 heterocycles. The molecule has 2 atom stereocenters. The van der Waals surface area contributed by atoms with Crippen molar-refractivity contribution in [3.05, 3.63) is 36.0 Å². The molecule has 1 aromatic heterocycles. The molecule has 1 saturated heterocycles. The molecule has 1 aliphatic heterocycles. The number of hydrogen-bond donors (Lipinski definition) is 2. The second-order valence-electron chi connectivity index (χ2n) is 8.53. The van der Waals surface area contributed by atoms with Crippen molar-refractivity contribution in [2.75, 3.05) is 18.0 Å². The number of alkyl halides is 3. The minimum atomic E-state index is -4.48. The minimum Gasteiger partial charge on any atom is -0.390 e. The fourth-order valence-electron chi connectivity index (χ4n) is 3.99. The third-order valence-electron chi connectivity index (χ3n) is 5.01. The number of carbonyl (C=O) groups is 1. The van der Waals surface area contributed by atoms with E-state index >= 15 is 0 Å². The molecule has 8 heteroatoms. The number of carbonyl (C=O) groups excluding carboxylic acids is 1. The third-order valence-corrected chi connectivity index (χ3v) is 5.01. The Kier molecular flexibility index (Phi) is 5.76. The number of rotatable bonds is 4. The fraction of sp³-hybridized carbons (Fsp3) is 0.524. The summed E-state index contributed by atoms with van der Waals surface area (Å²) in [6, 6.07) is 5.69. The number of benzene rings is 1. The first-order valence-electron chi connectivity index (χ1n) is 9.65. The lowest BCUT2D eigenvalue weighted by atomic mass is 9.94. The Morgan fingerprint density at radius 1 is 1.28 bits per heavy atom. The van der Waals surface area contributed by atoms with Crippen LogP contribution < -0.4 is 10.2 Å². The molecule has 0 bridgehead atoms. The van der Waals surface area contributed by atoms with Crippen LogP contribution >= 0.6 is 0 Å². The largest absolute Gasteiger partial charge is 0.418 e. The van der Waals surface area contributed by atoms with E-state index in [1.807, 2.05) is 11.8 Å². The summed E-state index contributed by atoms with van der Waals surface area (Å²) in [4.78, 5) is 18.2. The van der Waals surface area contributed by atoms with E-state index in [2.05, 4.69) is 10.3 Å². The summed E-state index contributed by atoms with van der Waals surface area (Å²) in [5.41, 5.74) is -1.25. The molecule has 2 aromatic rings. The van der Waals surface area contributed by atoms with E-state index in [0.717, 1.165) is 12.5 Å². The number of nitrogens with one attached hydrogen (secondary N) is 1. The molecular formula is C21H26F3N3O2. The molecule has 0 spiro atoms. The Balaban J connectivity index is 1.88. The van der Waals surface area contributed by atoms with Gasteiger partial charge in [-0.3, -0.25) is 9.78 Å². The van der Waals surface area contributed by atoms with Crippen LogP contribution in [0.2, 0.25) is 0 Å². The lowest BCUT2D eigenvalue weighted by Crippen LogP contribution is -2.51. The zero-order valence-electron chi connectivity index (χ0n) is 16.8. The summed E-state index contributed by atoms with van der Waals surface area (Å²) in [5, 5.41) is 13.2. The van der Waals surface area contributed by atoms with E-state index in [9.17, 15) is 23.1 Å². The first-order valence-corrected chi connectivity index (χ1v) is 9.65. The van der Waals surface area contributed by atoms with Crippen LogP contribution in [-0.2, 0) is 11.0 Å². The maximum Gasteiger partial charge on any atom is 0.418 e. The fourth-order valence-corrected chi connectivity index (χ4v) is 3.99. The highest BCUT2D eigenvalue weighted by Crippen LogP contribution is 2.38. The van der Waals surface area contributed by atoms with E-state index in [1.165, 1.54) is 12.3 Å². The lowest BCUT2D eigenvalue weighted by Gasteiger charge is -2.39. The third kappa shape index (κ3) is 5.18. The highest BCUT2D eigenvalue weighted by Gasteiger charge is 2.35. The molecule has 1 fully saturated rings. The quantitative estimate of drug-likeness (QED) is 0.807. The number of nitrogens with zero attached hydrogens (tertiary/aromatic N) is 2. The van der Waals surface area contributed by atoms with Crippen LogP contribution in [0.25, 0.3) is 10.9 Å². The van der Waals surface area contributed by atoms with Gasteiger partial charge in [-0.2, -0.15) is 13.2 Å². The average molecular weight is 409 g/mol.